The number of aromatic hydroxyl groups is 1. The number of nitrogens with zero attached hydrogens (tertiary/aromatic N) is 1. The average molecular weight is 271 g/mol. The third-order valence-electron chi connectivity index (χ3n) is 2.45. The molecule has 0 radical (unpaired) electrons. The average Bonchev–Trinajstić information content (AvgIpc) is 2.28. The van der Waals surface area contributed by atoms with Gasteiger partial charge in [-0.25, -0.2) is 0 Å². The highest BCUT2D eigenvalue weighted by Crippen LogP contribution is 2.21. The van der Waals surface area contributed by atoms with Crippen LogP contribution in [0, 0.1) is 0 Å². The number of phenolic OH excluding ortho intramolecular Hbond substituents is 1. The number of thiol groups is 1. The minimum Gasteiger partial charge on any atom is -0.508 e. The van der Waals surface area contributed by atoms with Gasteiger partial charge in [-0.3, -0.25) is 9.69 Å². The zero-order chi connectivity index (χ0) is 12.8. The number of hydrogen-bond donors (Lipinski definition) is 2. The van der Waals surface area contributed by atoms with E-state index in [1.165, 1.54) is 0 Å². The summed E-state index contributed by atoms with van der Waals surface area (Å²) in [5, 5.41) is 9.16. The topological polar surface area (TPSA) is 40.5 Å². The molecule has 17 heavy (non-hydrogen) atoms. The number of ketones is 1. The van der Waals surface area contributed by atoms with Crippen LogP contribution >= 0.6 is 24.4 Å². The number of hydrogen-bond acceptors (Lipinski definition) is 5. The minimum absolute atomic E-state index is 0.133. The van der Waals surface area contributed by atoms with E-state index in [1.54, 1.807) is 30.8 Å². The highest BCUT2D eigenvalue weighted by atomic mass is 32.2. The minimum atomic E-state index is -0.136. The molecule has 0 aliphatic heterocycles. The molecule has 0 bridgehead atoms. The van der Waals surface area contributed by atoms with E-state index in [4.69, 9.17) is 5.11 Å². The SMILES string of the molecule is CC(=O)[C@H](CS)N(C)CSc1ccc(O)cc1. The lowest BCUT2D eigenvalue weighted by Gasteiger charge is -2.23. The van der Waals surface area contributed by atoms with Gasteiger partial charge in [-0.05, 0) is 38.2 Å². The van der Waals surface area contributed by atoms with E-state index in [1.807, 2.05) is 24.1 Å². The van der Waals surface area contributed by atoms with E-state index in [-0.39, 0.29) is 17.6 Å². The van der Waals surface area contributed by atoms with Crippen LogP contribution in [0.5, 0.6) is 5.75 Å². The molecule has 0 unspecified atom stereocenters. The second-order valence-corrected chi connectivity index (χ2v) is 5.22. The first-order valence-electron chi connectivity index (χ1n) is 5.28. The summed E-state index contributed by atoms with van der Waals surface area (Å²) in [5.41, 5.74) is 0. The number of phenols is 1. The molecule has 0 aliphatic rings. The third kappa shape index (κ3) is 4.61. The molecule has 0 saturated heterocycles. The number of likely N-dealkylation sites (N-methyl/N-ethyl adjacent to an activating group) is 1. The van der Waals surface area contributed by atoms with Gasteiger partial charge in [0.1, 0.15) is 11.5 Å². The first-order chi connectivity index (χ1) is 8.04. The van der Waals surface area contributed by atoms with Crippen molar-refractivity contribution in [1.29, 1.82) is 0 Å². The highest BCUT2D eigenvalue weighted by molar-refractivity contribution is 7.99. The molecule has 94 valence electrons. The predicted molar refractivity (Wildman–Crippen MR) is 74.9 cm³/mol. The molecular formula is C12H17NO2S2. The van der Waals surface area contributed by atoms with Crippen LogP contribution in [-0.4, -0.2) is 40.5 Å². The summed E-state index contributed by atoms with van der Waals surface area (Å²) in [4.78, 5) is 14.4. The van der Waals surface area contributed by atoms with Crippen molar-refractivity contribution in [3.8, 4) is 5.75 Å². The number of Topliss-reactive ketones (excluding diaryl/α,β-unsaturated/α-hetero) is 1. The molecule has 1 rings (SSSR count). The Morgan fingerprint density at radius 1 is 1.47 bits per heavy atom. The molecule has 0 aliphatic carbocycles. The molecule has 3 nitrogen and oxygen atoms in total. The quantitative estimate of drug-likeness (QED) is 0.473. The first kappa shape index (κ1) is 14.4. The van der Waals surface area contributed by atoms with E-state index in [0.29, 0.717) is 5.75 Å². The molecule has 1 N–H and O–H groups in total. The molecule has 1 aromatic carbocycles. The lowest BCUT2D eigenvalue weighted by molar-refractivity contribution is -0.120. The molecule has 5 heteroatoms. The summed E-state index contributed by atoms with van der Waals surface area (Å²) in [6.45, 7) is 1.59. The zero-order valence-corrected chi connectivity index (χ0v) is 11.7. The Bertz CT molecular complexity index is 367. The highest BCUT2D eigenvalue weighted by Gasteiger charge is 2.17. The Balaban J connectivity index is 2.49. The van der Waals surface area contributed by atoms with Gasteiger partial charge in [-0.1, -0.05) is 0 Å². The summed E-state index contributed by atoms with van der Waals surface area (Å²) >= 11 is 5.81. The number of carbonyl (C=O) groups is 1. The molecule has 1 atom stereocenters. The second-order valence-electron chi connectivity index (χ2n) is 3.83. The smallest absolute Gasteiger partial charge is 0.147 e. The molecule has 0 aromatic heterocycles. The molecule has 0 amide bonds. The lowest BCUT2D eigenvalue weighted by atomic mass is 10.2. The maximum absolute atomic E-state index is 11.3. The van der Waals surface area contributed by atoms with E-state index in [9.17, 15) is 4.79 Å². The molecule has 1 aromatic rings. The normalized spacial score (nSPS) is 12.7. The largest absolute Gasteiger partial charge is 0.508 e. The van der Waals surface area contributed by atoms with Gasteiger partial charge in [0.15, 0.2) is 0 Å². The predicted octanol–water partition coefficient (Wildman–Crippen LogP) is 2.26. The van der Waals surface area contributed by atoms with Crippen molar-refractivity contribution in [2.75, 3.05) is 18.7 Å². The van der Waals surface area contributed by atoms with Gasteiger partial charge in [0.05, 0.1) is 6.04 Å². The summed E-state index contributed by atoms with van der Waals surface area (Å²) < 4.78 is 0. The Labute approximate surface area is 112 Å². The van der Waals surface area contributed by atoms with E-state index in [2.05, 4.69) is 12.6 Å². The Morgan fingerprint density at radius 3 is 2.53 bits per heavy atom. The summed E-state index contributed by atoms with van der Waals surface area (Å²) in [7, 11) is 1.91. The van der Waals surface area contributed by atoms with Gasteiger partial charge in [0.2, 0.25) is 0 Å². The Morgan fingerprint density at radius 2 is 2.06 bits per heavy atom. The summed E-state index contributed by atoms with van der Waals surface area (Å²) in [6, 6.07) is 6.89. The number of rotatable bonds is 6. The maximum atomic E-state index is 11.3. The molecule has 0 heterocycles. The van der Waals surface area contributed by atoms with Gasteiger partial charge in [0.25, 0.3) is 0 Å². The van der Waals surface area contributed by atoms with Crippen LogP contribution in [0.3, 0.4) is 0 Å². The number of carbonyl (C=O) groups excluding carboxylic acids is 1. The van der Waals surface area contributed by atoms with Gasteiger partial charge < -0.3 is 5.11 Å². The van der Waals surface area contributed by atoms with Crippen molar-refractivity contribution in [1.82, 2.24) is 4.90 Å². The fraction of sp³-hybridized carbons (Fsp3) is 0.417. The zero-order valence-electron chi connectivity index (χ0n) is 9.96. The van der Waals surface area contributed by atoms with Crippen molar-refractivity contribution in [3.63, 3.8) is 0 Å². The standard InChI is InChI=1S/C12H17NO2S2/c1-9(14)12(7-16)13(2)8-17-11-5-3-10(15)4-6-11/h3-6,12,15-16H,7-8H2,1-2H3/t12-/m0/s1. The first-order valence-corrected chi connectivity index (χ1v) is 6.89. The van der Waals surface area contributed by atoms with Crippen LogP contribution in [0.15, 0.2) is 29.2 Å². The third-order valence-corrected chi connectivity index (χ3v) is 3.93. The van der Waals surface area contributed by atoms with Gasteiger partial charge in [-0.15, -0.1) is 11.8 Å². The lowest BCUT2D eigenvalue weighted by Crippen LogP contribution is -2.38. The monoisotopic (exact) mass is 271 g/mol. The van der Waals surface area contributed by atoms with Crippen LogP contribution in [0.4, 0.5) is 0 Å². The van der Waals surface area contributed by atoms with Crippen LogP contribution in [0.1, 0.15) is 6.92 Å². The Hall–Kier alpha value is -0.650. The van der Waals surface area contributed by atoms with E-state index >= 15 is 0 Å². The number of benzene rings is 1. The molecule has 0 saturated carbocycles. The molecule has 0 fully saturated rings. The maximum Gasteiger partial charge on any atom is 0.147 e. The fourth-order valence-electron chi connectivity index (χ4n) is 1.39. The summed E-state index contributed by atoms with van der Waals surface area (Å²) in [6.07, 6.45) is 0. The van der Waals surface area contributed by atoms with Crippen molar-refractivity contribution in [2.24, 2.45) is 0 Å². The van der Waals surface area contributed by atoms with Crippen LogP contribution in [0.25, 0.3) is 0 Å². The van der Waals surface area contributed by atoms with Crippen molar-refractivity contribution in [2.45, 2.75) is 17.9 Å². The molecule has 0 spiro atoms. The molecular weight excluding hydrogens is 254 g/mol. The van der Waals surface area contributed by atoms with Crippen molar-refractivity contribution >= 4 is 30.2 Å². The van der Waals surface area contributed by atoms with Crippen molar-refractivity contribution < 1.29 is 9.90 Å². The van der Waals surface area contributed by atoms with E-state index in [0.717, 1.165) is 10.8 Å². The van der Waals surface area contributed by atoms with Crippen LogP contribution < -0.4 is 0 Å². The Kier molecular flexibility index (Phi) is 5.88. The van der Waals surface area contributed by atoms with Crippen LogP contribution in [-0.2, 0) is 4.79 Å². The van der Waals surface area contributed by atoms with Gasteiger partial charge in [0, 0.05) is 16.5 Å². The second kappa shape index (κ2) is 6.93. The van der Waals surface area contributed by atoms with E-state index < -0.39 is 0 Å². The van der Waals surface area contributed by atoms with Gasteiger partial charge in [-0.2, -0.15) is 12.6 Å². The fourth-order valence-corrected chi connectivity index (χ4v) is 2.78. The van der Waals surface area contributed by atoms with Crippen LogP contribution in [0.2, 0.25) is 0 Å². The van der Waals surface area contributed by atoms with Crippen molar-refractivity contribution in [3.05, 3.63) is 24.3 Å². The van der Waals surface area contributed by atoms with Gasteiger partial charge >= 0.3 is 0 Å². The summed E-state index contributed by atoms with van der Waals surface area (Å²) in [5.74, 6) is 1.64. The number of thioether (sulfide) groups is 1.